The second-order valence-electron chi connectivity index (χ2n) is 7.12. The first-order chi connectivity index (χ1) is 13.1. The predicted octanol–water partition coefficient (Wildman–Crippen LogP) is 2.52. The Morgan fingerprint density at radius 2 is 2.26 bits per heavy atom. The lowest BCUT2D eigenvalue weighted by atomic mass is 10.1. The van der Waals surface area contributed by atoms with E-state index in [0.717, 1.165) is 61.8 Å². The molecule has 3 heterocycles. The Balaban J connectivity index is 1.45. The van der Waals surface area contributed by atoms with E-state index < -0.39 is 0 Å². The molecule has 7 heteroatoms. The van der Waals surface area contributed by atoms with Crippen molar-refractivity contribution in [1.29, 1.82) is 0 Å². The minimum atomic E-state index is -0.0912. The molecular weight excluding hydrogens is 344 g/mol. The molecular formula is C20H28N4O3. The van der Waals surface area contributed by atoms with Gasteiger partial charge in [-0.25, -0.2) is 4.98 Å². The molecule has 0 bridgehead atoms. The molecule has 1 saturated heterocycles. The Hall–Kier alpha value is -2.41. The Morgan fingerprint density at radius 1 is 1.41 bits per heavy atom. The summed E-state index contributed by atoms with van der Waals surface area (Å²) in [6.07, 6.45) is 4.45. The summed E-state index contributed by atoms with van der Waals surface area (Å²) in [5, 5.41) is 6.90. The molecule has 0 spiro atoms. The van der Waals surface area contributed by atoms with Gasteiger partial charge in [-0.1, -0.05) is 5.16 Å². The standard InChI is InChI=1S/C20H28N4O3/c1-14-18(15(2)27-23-14)5-4-9-21-20(25)17-6-7-19(22-11-17)24-10-8-16(12-24)13-26-3/h6-7,11,16H,4-5,8-10,12-13H2,1-3H3,(H,21,25). The Bertz CT molecular complexity index is 738. The highest BCUT2D eigenvalue weighted by Crippen LogP contribution is 2.22. The summed E-state index contributed by atoms with van der Waals surface area (Å²) < 4.78 is 10.4. The summed E-state index contributed by atoms with van der Waals surface area (Å²) in [6, 6.07) is 3.77. The first-order valence-corrected chi connectivity index (χ1v) is 9.48. The predicted molar refractivity (Wildman–Crippen MR) is 103 cm³/mol. The van der Waals surface area contributed by atoms with Crippen molar-refractivity contribution in [3.63, 3.8) is 0 Å². The van der Waals surface area contributed by atoms with Gasteiger partial charge in [0.25, 0.3) is 5.91 Å². The number of hydrogen-bond donors (Lipinski definition) is 1. The highest BCUT2D eigenvalue weighted by atomic mass is 16.5. The van der Waals surface area contributed by atoms with Crippen molar-refractivity contribution >= 4 is 11.7 Å². The molecule has 146 valence electrons. The molecule has 0 saturated carbocycles. The molecule has 7 nitrogen and oxygen atoms in total. The molecule has 1 unspecified atom stereocenters. The number of aromatic nitrogens is 2. The van der Waals surface area contributed by atoms with Crippen molar-refractivity contribution < 1.29 is 14.1 Å². The van der Waals surface area contributed by atoms with Gasteiger partial charge in [-0.3, -0.25) is 4.79 Å². The van der Waals surface area contributed by atoms with E-state index in [1.54, 1.807) is 13.3 Å². The number of aryl methyl sites for hydroxylation is 2. The second-order valence-corrected chi connectivity index (χ2v) is 7.12. The van der Waals surface area contributed by atoms with Gasteiger partial charge in [0, 0.05) is 44.4 Å². The maximum absolute atomic E-state index is 12.3. The van der Waals surface area contributed by atoms with Gasteiger partial charge in [0.1, 0.15) is 11.6 Å². The highest BCUT2D eigenvalue weighted by Gasteiger charge is 2.23. The Kier molecular flexibility index (Phi) is 6.45. The molecule has 2 aromatic rings. The normalized spacial score (nSPS) is 16.7. The largest absolute Gasteiger partial charge is 0.384 e. The zero-order chi connectivity index (χ0) is 19.2. The van der Waals surface area contributed by atoms with Crippen LogP contribution in [0.1, 0.15) is 40.2 Å². The van der Waals surface area contributed by atoms with E-state index in [-0.39, 0.29) is 5.91 Å². The van der Waals surface area contributed by atoms with Crippen LogP contribution in [0.15, 0.2) is 22.9 Å². The molecule has 2 aromatic heterocycles. The number of carbonyl (C=O) groups is 1. The third-order valence-corrected chi connectivity index (χ3v) is 5.09. The molecule has 1 fully saturated rings. The molecule has 1 aliphatic rings. The lowest BCUT2D eigenvalue weighted by molar-refractivity contribution is 0.0953. The van der Waals surface area contributed by atoms with Crippen molar-refractivity contribution in [2.75, 3.05) is 38.3 Å². The molecule has 0 aliphatic carbocycles. The van der Waals surface area contributed by atoms with Gasteiger partial charge < -0.3 is 19.5 Å². The number of nitrogens with one attached hydrogen (secondary N) is 1. The maximum atomic E-state index is 12.3. The van der Waals surface area contributed by atoms with Crippen molar-refractivity contribution in [2.24, 2.45) is 5.92 Å². The number of methoxy groups -OCH3 is 1. The summed E-state index contributed by atoms with van der Waals surface area (Å²) >= 11 is 0. The van der Waals surface area contributed by atoms with Crippen LogP contribution in [0.3, 0.4) is 0 Å². The lowest BCUT2D eigenvalue weighted by Gasteiger charge is -2.17. The van der Waals surface area contributed by atoms with E-state index in [9.17, 15) is 4.79 Å². The second kappa shape index (κ2) is 8.99. The van der Waals surface area contributed by atoms with Crippen molar-refractivity contribution in [3.8, 4) is 0 Å². The molecule has 1 N–H and O–H groups in total. The zero-order valence-electron chi connectivity index (χ0n) is 16.3. The monoisotopic (exact) mass is 372 g/mol. The van der Waals surface area contributed by atoms with Crippen molar-refractivity contribution in [2.45, 2.75) is 33.1 Å². The quantitative estimate of drug-likeness (QED) is 0.717. The number of carbonyl (C=O) groups excluding carboxylic acids is 1. The highest BCUT2D eigenvalue weighted by molar-refractivity contribution is 5.94. The fourth-order valence-corrected chi connectivity index (χ4v) is 3.55. The minimum Gasteiger partial charge on any atom is -0.384 e. The molecule has 1 amide bonds. The number of rotatable bonds is 8. The Labute approximate surface area is 160 Å². The third kappa shape index (κ3) is 4.86. The number of ether oxygens (including phenoxy) is 1. The summed E-state index contributed by atoms with van der Waals surface area (Å²) in [6.45, 7) is 7.18. The van der Waals surface area contributed by atoms with Gasteiger partial charge >= 0.3 is 0 Å². The average molecular weight is 372 g/mol. The first kappa shape index (κ1) is 19.4. The van der Waals surface area contributed by atoms with Crippen LogP contribution in [0, 0.1) is 19.8 Å². The van der Waals surface area contributed by atoms with E-state index in [2.05, 4.69) is 20.4 Å². The molecule has 1 aliphatic heterocycles. The fraction of sp³-hybridized carbons (Fsp3) is 0.550. The molecule has 0 radical (unpaired) electrons. The van der Waals surface area contributed by atoms with Gasteiger partial charge in [-0.2, -0.15) is 0 Å². The topological polar surface area (TPSA) is 80.5 Å². The summed E-state index contributed by atoms with van der Waals surface area (Å²) in [7, 11) is 1.74. The molecule has 1 atom stereocenters. The van der Waals surface area contributed by atoms with Crippen LogP contribution in [0.2, 0.25) is 0 Å². The van der Waals surface area contributed by atoms with E-state index >= 15 is 0 Å². The van der Waals surface area contributed by atoms with Crippen molar-refractivity contribution in [3.05, 3.63) is 40.9 Å². The zero-order valence-corrected chi connectivity index (χ0v) is 16.3. The van der Waals surface area contributed by atoms with E-state index in [0.29, 0.717) is 18.0 Å². The number of pyridine rings is 1. The summed E-state index contributed by atoms with van der Waals surface area (Å²) in [5.41, 5.74) is 2.64. The number of nitrogens with zero attached hydrogens (tertiary/aromatic N) is 3. The van der Waals surface area contributed by atoms with Crippen LogP contribution in [0.5, 0.6) is 0 Å². The van der Waals surface area contributed by atoms with Crippen molar-refractivity contribution in [1.82, 2.24) is 15.5 Å². The summed E-state index contributed by atoms with van der Waals surface area (Å²) in [4.78, 5) is 19.0. The molecule has 27 heavy (non-hydrogen) atoms. The van der Waals surface area contributed by atoms with Gasteiger partial charge in [-0.15, -0.1) is 0 Å². The molecule has 3 rings (SSSR count). The number of hydrogen-bond acceptors (Lipinski definition) is 6. The smallest absolute Gasteiger partial charge is 0.252 e. The summed E-state index contributed by atoms with van der Waals surface area (Å²) in [5.74, 6) is 2.24. The maximum Gasteiger partial charge on any atom is 0.252 e. The van der Waals surface area contributed by atoms with Crippen LogP contribution in [-0.2, 0) is 11.2 Å². The van der Waals surface area contributed by atoms with Gasteiger partial charge in [0.2, 0.25) is 0 Å². The van der Waals surface area contributed by atoms with E-state index in [1.165, 1.54) is 0 Å². The molecule has 0 aromatic carbocycles. The number of anilines is 1. The van der Waals surface area contributed by atoms with Gasteiger partial charge in [0.05, 0.1) is 17.9 Å². The third-order valence-electron chi connectivity index (χ3n) is 5.09. The van der Waals surface area contributed by atoms with Crippen LogP contribution in [0.4, 0.5) is 5.82 Å². The van der Waals surface area contributed by atoms with E-state index in [1.807, 2.05) is 26.0 Å². The van der Waals surface area contributed by atoms with Crippen LogP contribution in [-0.4, -0.2) is 49.4 Å². The first-order valence-electron chi connectivity index (χ1n) is 9.48. The minimum absolute atomic E-state index is 0.0912. The van der Waals surface area contributed by atoms with E-state index in [4.69, 9.17) is 9.26 Å². The van der Waals surface area contributed by atoms with Gasteiger partial charge in [0.15, 0.2) is 0 Å². The number of amides is 1. The van der Waals surface area contributed by atoms with Gasteiger partial charge in [-0.05, 0) is 45.2 Å². The SMILES string of the molecule is COCC1CCN(c2ccc(C(=O)NCCCc3c(C)noc3C)cn2)C1. The van der Waals surface area contributed by atoms with Crippen LogP contribution >= 0.6 is 0 Å². The average Bonchev–Trinajstić information content (AvgIpc) is 3.26. The lowest BCUT2D eigenvalue weighted by Crippen LogP contribution is -2.26. The Morgan fingerprint density at radius 3 is 2.93 bits per heavy atom. The van der Waals surface area contributed by atoms with Crippen LogP contribution < -0.4 is 10.2 Å². The fourth-order valence-electron chi connectivity index (χ4n) is 3.55. The van der Waals surface area contributed by atoms with Crippen LogP contribution in [0.25, 0.3) is 0 Å².